The van der Waals surface area contributed by atoms with Gasteiger partial charge in [-0.25, -0.2) is 4.79 Å². The highest BCUT2D eigenvalue weighted by Crippen LogP contribution is 2.45. The molecule has 1 saturated carbocycles. The number of anilines is 1. The number of rotatable bonds is 6. The third kappa shape index (κ3) is 4.36. The number of carbonyl (C=O) groups is 2. The molecule has 2 aromatic rings. The van der Waals surface area contributed by atoms with Gasteiger partial charge < -0.3 is 15.3 Å². The molecule has 4 rings (SSSR count). The number of piperidine rings is 1. The first kappa shape index (κ1) is 19.7. The van der Waals surface area contributed by atoms with Crippen LogP contribution in [0.2, 0.25) is 0 Å². The van der Waals surface area contributed by atoms with Gasteiger partial charge in [0, 0.05) is 41.5 Å². The molecular weight excluding hydrogens is 366 g/mol. The molecule has 6 heteroatoms. The van der Waals surface area contributed by atoms with E-state index in [-0.39, 0.29) is 0 Å². The van der Waals surface area contributed by atoms with Crippen molar-refractivity contribution in [3.05, 3.63) is 36.0 Å². The van der Waals surface area contributed by atoms with Crippen molar-refractivity contribution < 1.29 is 14.7 Å². The Morgan fingerprint density at radius 1 is 1.28 bits per heavy atom. The smallest absolute Gasteiger partial charge is 0.405 e. The van der Waals surface area contributed by atoms with Crippen LogP contribution in [0.1, 0.15) is 49.9 Å². The van der Waals surface area contributed by atoms with Gasteiger partial charge in [-0.2, -0.15) is 0 Å². The second kappa shape index (κ2) is 7.65. The molecule has 29 heavy (non-hydrogen) atoms. The van der Waals surface area contributed by atoms with Gasteiger partial charge in [0.15, 0.2) is 6.29 Å². The van der Waals surface area contributed by atoms with Crippen LogP contribution in [0.15, 0.2) is 30.5 Å². The quantitative estimate of drug-likeness (QED) is 0.711. The summed E-state index contributed by atoms with van der Waals surface area (Å²) in [5.74, 6) is 1.83. The summed E-state index contributed by atoms with van der Waals surface area (Å²) >= 11 is 0. The van der Waals surface area contributed by atoms with Gasteiger partial charge in [-0.3, -0.25) is 9.78 Å². The number of benzene rings is 1. The van der Waals surface area contributed by atoms with Gasteiger partial charge >= 0.3 is 6.09 Å². The van der Waals surface area contributed by atoms with E-state index in [1.807, 2.05) is 38.1 Å². The Labute approximate surface area is 171 Å². The van der Waals surface area contributed by atoms with Crippen LogP contribution >= 0.6 is 0 Å². The van der Waals surface area contributed by atoms with Gasteiger partial charge in [-0.1, -0.05) is 0 Å². The molecule has 6 nitrogen and oxygen atoms in total. The number of aromatic nitrogens is 1. The molecule has 0 spiro atoms. The van der Waals surface area contributed by atoms with E-state index in [1.54, 1.807) is 6.20 Å². The molecule has 0 radical (unpaired) electrons. The minimum absolute atomic E-state index is 0.411. The highest BCUT2D eigenvalue weighted by atomic mass is 16.4. The number of pyridine rings is 1. The minimum Gasteiger partial charge on any atom is -0.465 e. The van der Waals surface area contributed by atoms with E-state index in [1.165, 1.54) is 12.8 Å². The monoisotopic (exact) mass is 395 g/mol. The van der Waals surface area contributed by atoms with Crippen LogP contribution in [-0.2, 0) is 0 Å². The van der Waals surface area contributed by atoms with E-state index in [9.17, 15) is 9.59 Å². The first-order valence-electron chi connectivity index (χ1n) is 10.5. The average molecular weight is 396 g/mol. The van der Waals surface area contributed by atoms with Crippen molar-refractivity contribution in [2.24, 2.45) is 17.8 Å². The summed E-state index contributed by atoms with van der Waals surface area (Å²) in [7, 11) is 0. The lowest BCUT2D eigenvalue weighted by Gasteiger charge is -2.42. The largest absolute Gasteiger partial charge is 0.465 e. The Hall–Kier alpha value is -2.63. The summed E-state index contributed by atoms with van der Waals surface area (Å²) < 4.78 is 0. The maximum Gasteiger partial charge on any atom is 0.405 e. The summed E-state index contributed by atoms with van der Waals surface area (Å²) in [5.41, 5.74) is 2.03. The van der Waals surface area contributed by atoms with Crippen molar-refractivity contribution in [2.45, 2.75) is 45.1 Å². The van der Waals surface area contributed by atoms with E-state index in [4.69, 9.17) is 5.11 Å². The fourth-order valence-electron chi connectivity index (χ4n) is 5.11. The molecule has 2 atom stereocenters. The van der Waals surface area contributed by atoms with Crippen molar-refractivity contribution in [1.29, 1.82) is 0 Å². The molecule has 1 aromatic carbocycles. The van der Waals surface area contributed by atoms with Gasteiger partial charge in [0.1, 0.15) is 0 Å². The van der Waals surface area contributed by atoms with Crippen molar-refractivity contribution in [2.75, 3.05) is 18.0 Å². The summed E-state index contributed by atoms with van der Waals surface area (Å²) in [6, 6.07) is 7.86. The first-order chi connectivity index (χ1) is 13.9. The number of hydrogen-bond acceptors (Lipinski definition) is 4. The Bertz CT molecular complexity index is 923. The summed E-state index contributed by atoms with van der Waals surface area (Å²) in [6.07, 6.45) is 6.18. The molecule has 2 unspecified atom stereocenters. The van der Waals surface area contributed by atoms with E-state index in [2.05, 4.69) is 15.2 Å². The Morgan fingerprint density at radius 2 is 2.07 bits per heavy atom. The van der Waals surface area contributed by atoms with Crippen molar-refractivity contribution in [1.82, 2.24) is 10.3 Å². The minimum atomic E-state index is -0.970. The number of carbonyl (C=O) groups excluding carboxylic acids is 1. The molecule has 154 valence electrons. The standard InChI is InChI=1S/C23H29N3O3/c1-23(2,25-22(28)29)11-15-10-18(16-5-6-16)13-26(12-15)20-8-7-17(14-27)21-19(20)4-3-9-24-21/h3-4,7-9,14-16,18,25H,5-6,10-13H2,1-2H3,(H,28,29). The van der Waals surface area contributed by atoms with Crippen molar-refractivity contribution in [3.8, 4) is 0 Å². The second-order valence-corrected chi connectivity index (χ2v) is 9.31. The molecule has 1 amide bonds. The number of carboxylic acid groups (broad SMARTS) is 1. The molecule has 1 aromatic heterocycles. The molecule has 0 bridgehead atoms. The predicted molar refractivity (Wildman–Crippen MR) is 114 cm³/mol. The van der Waals surface area contributed by atoms with Crippen LogP contribution in [0, 0.1) is 17.8 Å². The lowest BCUT2D eigenvalue weighted by molar-refractivity contribution is 0.112. The fraction of sp³-hybridized carbons (Fsp3) is 0.522. The summed E-state index contributed by atoms with van der Waals surface area (Å²) in [4.78, 5) is 29.5. The zero-order valence-electron chi connectivity index (χ0n) is 17.1. The van der Waals surface area contributed by atoms with Crippen molar-refractivity contribution in [3.63, 3.8) is 0 Å². The Balaban J connectivity index is 1.64. The Morgan fingerprint density at radius 3 is 2.76 bits per heavy atom. The maximum absolute atomic E-state index is 11.4. The molecule has 1 aliphatic carbocycles. The van der Waals surface area contributed by atoms with E-state index in [0.717, 1.165) is 54.7 Å². The Kier molecular flexibility index (Phi) is 5.19. The molecular formula is C23H29N3O3. The van der Waals surface area contributed by atoms with Crippen LogP contribution in [0.25, 0.3) is 10.9 Å². The van der Waals surface area contributed by atoms with E-state index in [0.29, 0.717) is 17.4 Å². The zero-order valence-corrected chi connectivity index (χ0v) is 17.1. The molecule has 1 saturated heterocycles. The average Bonchev–Trinajstić information content (AvgIpc) is 3.50. The molecule has 2 fully saturated rings. The number of amides is 1. The second-order valence-electron chi connectivity index (χ2n) is 9.31. The number of aldehydes is 1. The van der Waals surface area contributed by atoms with Crippen LogP contribution < -0.4 is 10.2 Å². The third-order valence-corrected chi connectivity index (χ3v) is 6.35. The number of nitrogens with zero attached hydrogens (tertiary/aromatic N) is 2. The summed E-state index contributed by atoms with van der Waals surface area (Å²) in [5, 5.41) is 12.9. The van der Waals surface area contributed by atoms with Gasteiger partial charge in [-0.05, 0) is 81.5 Å². The van der Waals surface area contributed by atoms with Crippen LogP contribution in [0.5, 0.6) is 0 Å². The molecule has 1 aliphatic heterocycles. The van der Waals surface area contributed by atoms with Crippen molar-refractivity contribution >= 4 is 29.0 Å². The van der Waals surface area contributed by atoms with Gasteiger partial charge in [0.05, 0.1) is 5.52 Å². The molecule has 2 heterocycles. The topological polar surface area (TPSA) is 82.5 Å². The third-order valence-electron chi connectivity index (χ3n) is 6.35. The van der Waals surface area contributed by atoms with Gasteiger partial charge in [0.2, 0.25) is 0 Å². The first-order valence-corrected chi connectivity index (χ1v) is 10.5. The SMILES string of the molecule is CC(C)(CC1CC(C2CC2)CN(c2ccc(C=O)c3ncccc23)C1)NC(=O)O. The highest BCUT2D eigenvalue weighted by molar-refractivity contribution is 6.01. The number of nitrogens with one attached hydrogen (secondary N) is 1. The van der Waals surface area contributed by atoms with Crippen LogP contribution in [-0.4, -0.2) is 41.1 Å². The van der Waals surface area contributed by atoms with Crippen LogP contribution in [0.4, 0.5) is 10.5 Å². The number of hydrogen-bond donors (Lipinski definition) is 2. The normalized spacial score (nSPS) is 22.5. The highest BCUT2D eigenvalue weighted by Gasteiger charge is 2.39. The predicted octanol–water partition coefficient (Wildman–Crippen LogP) is 4.34. The molecule has 2 N–H and O–H groups in total. The van der Waals surface area contributed by atoms with Gasteiger partial charge in [-0.15, -0.1) is 0 Å². The van der Waals surface area contributed by atoms with Crippen LogP contribution in [0.3, 0.4) is 0 Å². The fourth-order valence-corrected chi connectivity index (χ4v) is 5.11. The number of fused-ring (bicyclic) bond motifs is 1. The maximum atomic E-state index is 11.4. The van der Waals surface area contributed by atoms with E-state index < -0.39 is 11.6 Å². The van der Waals surface area contributed by atoms with Gasteiger partial charge in [0.25, 0.3) is 0 Å². The lowest BCUT2D eigenvalue weighted by Crippen LogP contribution is -2.48. The van der Waals surface area contributed by atoms with E-state index >= 15 is 0 Å². The lowest BCUT2D eigenvalue weighted by atomic mass is 9.79. The zero-order chi connectivity index (χ0) is 20.6. The summed E-state index contributed by atoms with van der Waals surface area (Å²) in [6.45, 7) is 5.82. The molecule has 2 aliphatic rings.